The molecule has 3 saturated heterocycles. The van der Waals surface area contributed by atoms with Crippen molar-refractivity contribution in [3.63, 3.8) is 0 Å². The number of nitrogens with one attached hydrogen (secondary N) is 1. The molecule has 256 valence electrons. The molecular weight excluding hydrogens is 630 g/mol. The number of aromatic hydroxyl groups is 1. The van der Waals surface area contributed by atoms with Crippen molar-refractivity contribution < 1.29 is 28.5 Å². The van der Waals surface area contributed by atoms with E-state index in [0.29, 0.717) is 65.7 Å². The Kier molecular flexibility index (Phi) is 6.47. The van der Waals surface area contributed by atoms with E-state index in [-0.39, 0.29) is 63.9 Å². The number of aliphatic hydroxyl groups excluding tert-OH is 1. The second-order valence-corrected chi connectivity index (χ2v) is 15.6. The van der Waals surface area contributed by atoms with Crippen LogP contribution >= 0.6 is 0 Å². The number of rotatable bonds is 8. The number of hydrogen-bond donors (Lipinski definition) is 3. The number of nitrogens with zero attached hydrogens (tertiary/aromatic N) is 5. The number of aromatic nitrogens is 3. The van der Waals surface area contributed by atoms with Crippen LogP contribution in [0.25, 0.3) is 32.9 Å². The smallest absolute Gasteiger partial charge is 0.319 e. The number of phenolic OH excluding ortho intramolecular Hbond substituents is 1. The van der Waals surface area contributed by atoms with Gasteiger partial charge in [-0.05, 0) is 79.0 Å². The summed E-state index contributed by atoms with van der Waals surface area (Å²) in [5.41, 5.74) is 0.731. The molecule has 2 aromatic heterocycles. The van der Waals surface area contributed by atoms with Gasteiger partial charge in [0.1, 0.15) is 40.6 Å². The molecule has 2 aliphatic carbocycles. The Bertz CT molecular complexity index is 2040. The van der Waals surface area contributed by atoms with Crippen LogP contribution in [0.3, 0.4) is 0 Å². The highest BCUT2D eigenvalue weighted by atomic mass is 19.1. The summed E-state index contributed by atoms with van der Waals surface area (Å²) < 4.78 is 45.1. The Morgan fingerprint density at radius 3 is 2.78 bits per heavy atom. The molecule has 0 spiro atoms. The van der Waals surface area contributed by atoms with E-state index in [4.69, 9.17) is 24.4 Å². The van der Waals surface area contributed by atoms with Gasteiger partial charge < -0.3 is 34.8 Å². The fraction of sp³-hybridized carbons (Fsp3) is 0.541. The van der Waals surface area contributed by atoms with E-state index in [1.807, 2.05) is 6.92 Å². The van der Waals surface area contributed by atoms with Crippen LogP contribution < -0.4 is 19.7 Å². The van der Waals surface area contributed by atoms with Gasteiger partial charge in [-0.15, -0.1) is 0 Å². The molecular formula is C37H40F2N6O4. The van der Waals surface area contributed by atoms with E-state index >= 15 is 8.78 Å². The lowest BCUT2D eigenvalue weighted by Crippen LogP contribution is -2.60. The molecule has 3 N–H and O–H groups in total. The number of phenols is 1. The lowest BCUT2D eigenvalue weighted by molar-refractivity contribution is 0.143. The molecule has 2 bridgehead atoms. The van der Waals surface area contributed by atoms with Crippen LogP contribution in [-0.2, 0) is 6.42 Å². The highest BCUT2D eigenvalue weighted by Crippen LogP contribution is 2.59. The SMILES string of the molecule is CCc1c(F)ccc2cc(O)cc(-c3nc4c5c(nc(OCC6(CN7CC8C[C@]8(CO)C7)CC6)nc5c3F)N3C[C@@H]5CC[C@@H](N5)[C@H]3CO4)c12. The van der Waals surface area contributed by atoms with Gasteiger partial charge in [0.25, 0.3) is 0 Å². The van der Waals surface area contributed by atoms with Crippen molar-refractivity contribution in [2.75, 3.05) is 50.9 Å². The zero-order valence-corrected chi connectivity index (χ0v) is 27.5. The van der Waals surface area contributed by atoms with E-state index in [1.54, 1.807) is 12.1 Å². The molecule has 1 unspecified atom stereocenters. The normalized spacial score (nSPS) is 29.1. The standard InChI is InChI=1S/C37H40F2N6O4/c1-2-23-25(38)5-3-19-9-22(47)10-24(28(19)23)31-30(39)32-29-33(45-13-21-4-6-26(40-21)27(45)14-48-34(29)41-31)43-35(42-32)49-18-36(7-8-36)15-44-12-20-11-37(20,16-44)17-46/h3,5,9-10,20-21,26-27,40,46-47H,2,4,6-8,11-18H2,1H3/t20?,21-,26+,27+,37+/m0/s1. The van der Waals surface area contributed by atoms with E-state index in [2.05, 4.69) is 15.1 Å². The van der Waals surface area contributed by atoms with Gasteiger partial charge in [-0.2, -0.15) is 9.97 Å². The number of likely N-dealkylation sites (tertiary alicyclic amines) is 1. The van der Waals surface area contributed by atoms with Crippen LogP contribution in [0.1, 0.15) is 44.6 Å². The lowest BCUT2D eigenvalue weighted by Gasteiger charge is -2.40. The number of anilines is 1. The minimum absolute atomic E-state index is 0.0200. The molecule has 2 aromatic carbocycles. The Balaban J connectivity index is 1.08. The number of pyridine rings is 1. The van der Waals surface area contributed by atoms with Gasteiger partial charge in [0, 0.05) is 54.7 Å². The van der Waals surface area contributed by atoms with Crippen molar-refractivity contribution in [2.45, 2.75) is 63.6 Å². The maximum absolute atomic E-state index is 17.1. The number of ether oxygens (including phenoxy) is 2. The lowest BCUT2D eigenvalue weighted by atomic mass is 9.94. The van der Waals surface area contributed by atoms with Crippen LogP contribution in [0.4, 0.5) is 14.6 Å². The Labute approximate surface area is 282 Å². The summed E-state index contributed by atoms with van der Waals surface area (Å²) in [6, 6.07) is 6.51. The number of fused-ring (bicyclic) bond motifs is 7. The molecule has 0 radical (unpaired) electrons. The van der Waals surface area contributed by atoms with Crippen molar-refractivity contribution in [1.29, 1.82) is 0 Å². The summed E-state index contributed by atoms with van der Waals surface area (Å²) in [6.45, 7) is 6.38. The fourth-order valence-corrected chi connectivity index (χ4v) is 9.48. The second-order valence-electron chi connectivity index (χ2n) is 15.6. The minimum Gasteiger partial charge on any atom is -0.508 e. The first-order valence-corrected chi connectivity index (χ1v) is 17.7. The summed E-state index contributed by atoms with van der Waals surface area (Å²) in [5, 5.41) is 25.8. The van der Waals surface area contributed by atoms with Crippen LogP contribution in [0.15, 0.2) is 24.3 Å². The highest BCUT2D eigenvalue weighted by Gasteiger charge is 2.60. The van der Waals surface area contributed by atoms with Crippen molar-refractivity contribution in [3.8, 4) is 28.9 Å². The molecule has 10 rings (SSSR count). The summed E-state index contributed by atoms with van der Waals surface area (Å²) in [7, 11) is 0. The molecule has 4 aliphatic heterocycles. The molecule has 6 aliphatic rings. The molecule has 0 amide bonds. The van der Waals surface area contributed by atoms with Crippen molar-refractivity contribution in [1.82, 2.24) is 25.2 Å². The molecule has 49 heavy (non-hydrogen) atoms. The van der Waals surface area contributed by atoms with Gasteiger partial charge in [-0.25, -0.2) is 13.8 Å². The number of aryl methyl sites for hydroxylation is 1. The summed E-state index contributed by atoms with van der Waals surface area (Å²) in [5.74, 6) is 0.192. The molecule has 6 heterocycles. The van der Waals surface area contributed by atoms with Gasteiger partial charge >= 0.3 is 6.01 Å². The monoisotopic (exact) mass is 670 g/mol. The van der Waals surface area contributed by atoms with E-state index in [9.17, 15) is 10.2 Å². The van der Waals surface area contributed by atoms with Gasteiger partial charge in [-0.3, -0.25) is 0 Å². The van der Waals surface area contributed by atoms with Crippen molar-refractivity contribution in [3.05, 3.63) is 41.5 Å². The van der Waals surface area contributed by atoms with Crippen LogP contribution in [-0.4, -0.2) is 94.2 Å². The fourth-order valence-electron chi connectivity index (χ4n) is 9.48. The molecule has 5 fully saturated rings. The van der Waals surface area contributed by atoms with E-state index in [1.165, 1.54) is 12.1 Å². The summed E-state index contributed by atoms with van der Waals surface area (Å²) in [6.07, 6.45) is 5.61. The molecule has 10 nitrogen and oxygen atoms in total. The topological polar surface area (TPSA) is 116 Å². The average molecular weight is 671 g/mol. The van der Waals surface area contributed by atoms with Crippen LogP contribution in [0.5, 0.6) is 17.6 Å². The zero-order chi connectivity index (χ0) is 33.2. The first kappa shape index (κ1) is 30.0. The molecule has 12 heteroatoms. The van der Waals surface area contributed by atoms with Gasteiger partial charge in [-0.1, -0.05) is 13.0 Å². The first-order chi connectivity index (χ1) is 23.8. The van der Waals surface area contributed by atoms with E-state index < -0.39 is 11.6 Å². The third-order valence-corrected chi connectivity index (χ3v) is 12.4. The number of piperidine rings is 1. The average Bonchev–Trinajstić information content (AvgIpc) is 3.95. The molecule has 4 aromatic rings. The maximum atomic E-state index is 17.1. The van der Waals surface area contributed by atoms with Crippen molar-refractivity contribution in [2.24, 2.45) is 16.7 Å². The summed E-state index contributed by atoms with van der Waals surface area (Å²) >= 11 is 0. The first-order valence-electron chi connectivity index (χ1n) is 17.7. The number of aliphatic hydroxyl groups is 1. The number of halogens is 2. The van der Waals surface area contributed by atoms with Crippen molar-refractivity contribution >= 4 is 27.5 Å². The Morgan fingerprint density at radius 1 is 1.10 bits per heavy atom. The summed E-state index contributed by atoms with van der Waals surface area (Å²) in [4.78, 5) is 19.1. The number of piperazine rings is 1. The second kappa shape index (κ2) is 10.6. The Morgan fingerprint density at radius 2 is 1.98 bits per heavy atom. The van der Waals surface area contributed by atoms with Gasteiger partial charge in [0.2, 0.25) is 5.88 Å². The van der Waals surface area contributed by atoms with Gasteiger partial charge in [0.15, 0.2) is 5.82 Å². The molecule has 5 atom stereocenters. The third-order valence-electron chi connectivity index (χ3n) is 12.4. The highest BCUT2D eigenvalue weighted by molar-refractivity contribution is 6.03. The predicted octanol–water partition coefficient (Wildman–Crippen LogP) is 4.57. The Hall–Kier alpha value is -3.87. The molecule has 2 saturated carbocycles. The van der Waals surface area contributed by atoms with Gasteiger partial charge in [0.05, 0.1) is 19.3 Å². The van der Waals surface area contributed by atoms with E-state index in [0.717, 1.165) is 51.7 Å². The quantitative estimate of drug-likeness (QED) is 0.246. The largest absolute Gasteiger partial charge is 0.508 e. The van der Waals surface area contributed by atoms with Crippen LogP contribution in [0.2, 0.25) is 0 Å². The van der Waals surface area contributed by atoms with Crippen LogP contribution in [0, 0.1) is 28.4 Å². The number of hydrogen-bond acceptors (Lipinski definition) is 10. The third kappa shape index (κ3) is 4.63. The maximum Gasteiger partial charge on any atom is 0.319 e. The minimum atomic E-state index is -0.697. The predicted molar refractivity (Wildman–Crippen MR) is 179 cm³/mol. The number of benzene rings is 2. The zero-order valence-electron chi connectivity index (χ0n) is 27.5.